The highest BCUT2D eigenvalue weighted by molar-refractivity contribution is 7.12. The molecule has 0 aromatic carbocycles. The van der Waals surface area contributed by atoms with Crippen molar-refractivity contribution in [3.8, 4) is 0 Å². The number of carbonyl (C=O) groups excluding carboxylic acids is 1. The van der Waals surface area contributed by atoms with E-state index in [1.165, 1.54) is 18.3 Å². The summed E-state index contributed by atoms with van der Waals surface area (Å²) in [6, 6.07) is 1.66. The molecule has 1 aromatic heterocycles. The molecule has 2 nitrogen and oxygen atoms in total. The number of hydrogen-bond acceptors (Lipinski definition) is 3. The maximum Gasteiger partial charge on any atom is 0.205 e. The summed E-state index contributed by atoms with van der Waals surface area (Å²) in [5.74, 6) is -0.296. The van der Waals surface area contributed by atoms with Crippen LogP contribution in [0.15, 0.2) is 11.4 Å². The molecule has 1 N–H and O–H groups in total. The van der Waals surface area contributed by atoms with Crippen molar-refractivity contribution in [2.45, 2.75) is 25.9 Å². The van der Waals surface area contributed by atoms with Gasteiger partial charge in [0.2, 0.25) is 5.78 Å². The lowest BCUT2D eigenvalue weighted by atomic mass is 9.97. The van der Waals surface area contributed by atoms with Crippen molar-refractivity contribution >= 4 is 28.7 Å². The molecule has 0 aliphatic heterocycles. The van der Waals surface area contributed by atoms with E-state index in [1.54, 1.807) is 18.4 Å². The number of ketones is 1. The third-order valence-electron chi connectivity index (χ3n) is 2.00. The van der Waals surface area contributed by atoms with Crippen molar-refractivity contribution in [1.82, 2.24) is 0 Å². The summed E-state index contributed by atoms with van der Waals surface area (Å²) in [6.07, 6.45) is 0.389. The molecule has 4 heteroatoms. The minimum atomic E-state index is -1.30. The molecule has 0 aliphatic rings. The molecule has 0 saturated carbocycles. The quantitative estimate of drug-likeness (QED) is 0.793. The molecule has 0 amide bonds. The van der Waals surface area contributed by atoms with Gasteiger partial charge in [-0.05, 0) is 24.8 Å². The zero-order chi connectivity index (χ0) is 10.1. The van der Waals surface area contributed by atoms with Gasteiger partial charge in [-0.15, -0.1) is 11.3 Å². The second kappa shape index (κ2) is 3.78. The average molecular weight is 219 g/mol. The Bertz CT molecular complexity index is 317. The highest BCUT2D eigenvalue weighted by Crippen LogP contribution is 2.27. The van der Waals surface area contributed by atoms with Gasteiger partial charge in [-0.3, -0.25) is 4.79 Å². The van der Waals surface area contributed by atoms with Gasteiger partial charge in [0.25, 0.3) is 0 Å². The molecule has 0 spiro atoms. The van der Waals surface area contributed by atoms with Crippen molar-refractivity contribution in [2.75, 3.05) is 0 Å². The predicted molar refractivity (Wildman–Crippen MR) is 54.6 cm³/mol. The molecule has 1 heterocycles. The van der Waals surface area contributed by atoms with Crippen LogP contribution in [-0.4, -0.2) is 16.5 Å². The van der Waals surface area contributed by atoms with Crippen LogP contribution in [0.2, 0.25) is 5.02 Å². The third-order valence-corrected chi connectivity index (χ3v) is 3.34. The summed E-state index contributed by atoms with van der Waals surface area (Å²) < 4.78 is 0. The average Bonchev–Trinajstić information content (AvgIpc) is 2.50. The highest BCUT2D eigenvalue weighted by atomic mass is 35.5. The van der Waals surface area contributed by atoms with E-state index in [4.69, 9.17) is 11.6 Å². The van der Waals surface area contributed by atoms with E-state index in [-0.39, 0.29) is 5.78 Å². The summed E-state index contributed by atoms with van der Waals surface area (Å²) in [5.41, 5.74) is -1.30. The minimum absolute atomic E-state index is 0.296. The smallest absolute Gasteiger partial charge is 0.205 e. The summed E-state index contributed by atoms with van der Waals surface area (Å²) in [7, 11) is 0. The maximum atomic E-state index is 11.7. The first-order valence-electron chi connectivity index (χ1n) is 3.99. The number of hydrogen-bond donors (Lipinski definition) is 1. The number of halogens is 1. The van der Waals surface area contributed by atoms with E-state index in [0.717, 1.165) is 0 Å². The third kappa shape index (κ3) is 2.10. The normalized spacial score (nSPS) is 15.4. The first kappa shape index (κ1) is 10.7. The number of aliphatic hydroxyl groups is 1. The van der Waals surface area contributed by atoms with Gasteiger partial charge in [0.1, 0.15) is 5.60 Å². The zero-order valence-corrected chi connectivity index (χ0v) is 9.08. The molecular formula is C9H11ClO2S. The topological polar surface area (TPSA) is 37.3 Å². The van der Waals surface area contributed by atoms with Gasteiger partial charge in [-0.2, -0.15) is 0 Å². The lowest BCUT2D eigenvalue weighted by molar-refractivity contribution is 0.0395. The minimum Gasteiger partial charge on any atom is -0.382 e. The zero-order valence-electron chi connectivity index (χ0n) is 7.50. The van der Waals surface area contributed by atoms with E-state index < -0.39 is 5.60 Å². The van der Waals surface area contributed by atoms with Crippen LogP contribution in [-0.2, 0) is 0 Å². The van der Waals surface area contributed by atoms with E-state index in [0.29, 0.717) is 16.3 Å². The molecule has 1 rings (SSSR count). The van der Waals surface area contributed by atoms with Crippen molar-refractivity contribution in [3.05, 3.63) is 21.3 Å². The van der Waals surface area contributed by atoms with Crippen molar-refractivity contribution < 1.29 is 9.90 Å². The molecule has 0 saturated heterocycles. The Labute approximate surface area is 86.2 Å². The lowest BCUT2D eigenvalue weighted by Crippen LogP contribution is -2.33. The second-order valence-electron chi connectivity index (χ2n) is 3.05. The van der Waals surface area contributed by atoms with Gasteiger partial charge < -0.3 is 5.11 Å². The van der Waals surface area contributed by atoms with E-state index in [9.17, 15) is 9.90 Å². The van der Waals surface area contributed by atoms with Crippen LogP contribution in [0.5, 0.6) is 0 Å². The SMILES string of the molecule is CCC(C)(O)C(=O)c1sccc1Cl. The van der Waals surface area contributed by atoms with Gasteiger partial charge >= 0.3 is 0 Å². The Morgan fingerprint density at radius 3 is 2.77 bits per heavy atom. The first-order chi connectivity index (χ1) is 5.99. The Morgan fingerprint density at radius 1 is 1.77 bits per heavy atom. The van der Waals surface area contributed by atoms with Crippen LogP contribution in [0, 0.1) is 0 Å². The highest BCUT2D eigenvalue weighted by Gasteiger charge is 2.31. The molecule has 0 bridgehead atoms. The van der Waals surface area contributed by atoms with Crippen LogP contribution >= 0.6 is 22.9 Å². The molecule has 0 fully saturated rings. The van der Waals surface area contributed by atoms with Crippen LogP contribution in [0.25, 0.3) is 0 Å². The van der Waals surface area contributed by atoms with Gasteiger partial charge in [-0.25, -0.2) is 0 Å². The number of Topliss-reactive ketones (excluding diaryl/α,β-unsaturated/α-hetero) is 1. The van der Waals surface area contributed by atoms with Gasteiger partial charge in [0.15, 0.2) is 0 Å². The largest absolute Gasteiger partial charge is 0.382 e. The summed E-state index contributed by atoms with van der Waals surface area (Å²) in [5, 5.41) is 11.8. The molecule has 72 valence electrons. The van der Waals surface area contributed by atoms with Crippen LogP contribution in [0.3, 0.4) is 0 Å². The molecule has 13 heavy (non-hydrogen) atoms. The Morgan fingerprint density at radius 2 is 2.38 bits per heavy atom. The number of thiophene rings is 1. The fraction of sp³-hybridized carbons (Fsp3) is 0.444. The van der Waals surface area contributed by atoms with Crippen molar-refractivity contribution in [3.63, 3.8) is 0 Å². The van der Waals surface area contributed by atoms with E-state index in [1.807, 2.05) is 0 Å². The molecule has 1 atom stereocenters. The summed E-state index contributed by atoms with van der Waals surface area (Å²) in [6.45, 7) is 3.27. The molecule has 1 unspecified atom stereocenters. The fourth-order valence-corrected chi connectivity index (χ4v) is 2.07. The second-order valence-corrected chi connectivity index (χ2v) is 4.38. The monoisotopic (exact) mass is 218 g/mol. The number of carbonyl (C=O) groups is 1. The standard InChI is InChI=1S/C9H11ClO2S/c1-3-9(2,12)8(11)7-6(10)4-5-13-7/h4-5,12H,3H2,1-2H3. The maximum absolute atomic E-state index is 11.7. The van der Waals surface area contributed by atoms with E-state index >= 15 is 0 Å². The first-order valence-corrected chi connectivity index (χ1v) is 5.25. The van der Waals surface area contributed by atoms with Crippen LogP contribution in [0.4, 0.5) is 0 Å². The van der Waals surface area contributed by atoms with Crippen LogP contribution < -0.4 is 0 Å². The van der Waals surface area contributed by atoms with Crippen LogP contribution in [0.1, 0.15) is 29.9 Å². The van der Waals surface area contributed by atoms with Gasteiger partial charge in [0.05, 0.1) is 9.90 Å². The number of rotatable bonds is 3. The fourth-order valence-electron chi connectivity index (χ4n) is 0.861. The lowest BCUT2D eigenvalue weighted by Gasteiger charge is -2.18. The summed E-state index contributed by atoms with van der Waals surface area (Å²) >= 11 is 7.03. The van der Waals surface area contributed by atoms with Gasteiger partial charge in [0, 0.05) is 0 Å². The summed E-state index contributed by atoms with van der Waals surface area (Å²) in [4.78, 5) is 12.1. The molecule has 0 radical (unpaired) electrons. The molecule has 1 aromatic rings. The molecular weight excluding hydrogens is 208 g/mol. The Hall–Kier alpha value is -0.380. The van der Waals surface area contributed by atoms with E-state index in [2.05, 4.69) is 0 Å². The molecule has 0 aliphatic carbocycles. The Balaban J connectivity index is 2.98. The predicted octanol–water partition coefficient (Wildman–Crippen LogP) is 2.75. The van der Waals surface area contributed by atoms with Gasteiger partial charge in [-0.1, -0.05) is 18.5 Å². The Kier molecular flexibility index (Phi) is 3.11. The van der Waals surface area contributed by atoms with Crippen molar-refractivity contribution in [2.24, 2.45) is 0 Å². The van der Waals surface area contributed by atoms with Crippen molar-refractivity contribution in [1.29, 1.82) is 0 Å².